The summed E-state index contributed by atoms with van der Waals surface area (Å²) in [6, 6.07) is 7.65. The highest BCUT2D eigenvalue weighted by Crippen LogP contribution is 2.09. The van der Waals surface area contributed by atoms with Crippen LogP contribution in [-0.2, 0) is 7.05 Å². The van der Waals surface area contributed by atoms with Crippen molar-refractivity contribution < 1.29 is 0 Å². The van der Waals surface area contributed by atoms with Gasteiger partial charge in [-0.05, 0) is 18.6 Å². The Kier molecular flexibility index (Phi) is 4.41. The normalized spacial score (nSPS) is 10.2. The van der Waals surface area contributed by atoms with Crippen molar-refractivity contribution >= 4 is 10.9 Å². The molecule has 1 aromatic carbocycles. The fourth-order valence-corrected chi connectivity index (χ4v) is 2.15. The summed E-state index contributed by atoms with van der Waals surface area (Å²) >= 11 is 0. The van der Waals surface area contributed by atoms with Gasteiger partial charge in [0.1, 0.15) is 0 Å². The lowest BCUT2D eigenvalue weighted by Gasteiger charge is -2.05. The summed E-state index contributed by atoms with van der Waals surface area (Å²) in [6.07, 6.45) is 6.20. The fourth-order valence-electron chi connectivity index (χ4n) is 2.15. The molecule has 0 bridgehead atoms. The zero-order valence-electron chi connectivity index (χ0n) is 11.6. The zero-order valence-corrected chi connectivity index (χ0v) is 11.6. The van der Waals surface area contributed by atoms with Gasteiger partial charge in [0, 0.05) is 25.1 Å². The molecule has 19 heavy (non-hydrogen) atoms. The number of fused-ring (bicyclic) bond motifs is 1. The summed E-state index contributed by atoms with van der Waals surface area (Å²) in [5.41, 5.74) is 1.58. The third kappa shape index (κ3) is 3.06. The van der Waals surface area contributed by atoms with Gasteiger partial charge in [0.05, 0.1) is 11.1 Å². The van der Waals surface area contributed by atoms with E-state index in [-0.39, 0.29) is 5.43 Å². The molecule has 1 aromatic heterocycles. The molecule has 98 valence electrons. The molecule has 0 fully saturated rings. The van der Waals surface area contributed by atoms with Gasteiger partial charge in [-0.2, -0.15) is 0 Å². The number of para-hydroxylation sites is 1. The number of unbranched alkanes of at least 4 members (excludes halogenated alkanes) is 3. The SMILES string of the molecule is CCCCCC#Cc1cn(C)c2ccccc2c1=O. The Morgan fingerprint density at radius 3 is 2.79 bits per heavy atom. The van der Waals surface area contributed by atoms with Crippen LogP contribution in [0.2, 0.25) is 0 Å². The van der Waals surface area contributed by atoms with E-state index in [0.29, 0.717) is 5.56 Å². The highest BCUT2D eigenvalue weighted by atomic mass is 16.1. The van der Waals surface area contributed by atoms with Crippen LogP contribution in [0.3, 0.4) is 0 Å². The van der Waals surface area contributed by atoms with Crippen molar-refractivity contribution in [3.05, 3.63) is 46.2 Å². The van der Waals surface area contributed by atoms with Crippen molar-refractivity contribution in [1.82, 2.24) is 4.57 Å². The van der Waals surface area contributed by atoms with Gasteiger partial charge in [0.25, 0.3) is 0 Å². The van der Waals surface area contributed by atoms with E-state index in [2.05, 4.69) is 18.8 Å². The standard InChI is InChI=1S/C17H19NO/c1-3-4-5-6-7-10-14-13-18(2)16-12-9-8-11-15(16)17(14)19/h8-9,11-13H,3-6H2,1-2H3. The highest BCUT2D eigenvalue weighted by molar-refractivity contribution is 5.80. The van der Waals surface area contributed by atoms with Crippen LogP contribution in [0.1, 0.15) is 38.2 Å². The van der Waals surface area contributed by atoms with Crippen molar-refractivity contribution in [3.8, 4) is 11.8 Å². The van der Waals surface area contributed by atoms with Crippen molar-refractivity contribution in [3.63, 3.8) is 0 Å². The average molecular weight is 253 g/mol. The first-order valence-electron chi connectivity index (χ1n) is 6.81. The number of rotatable bonds is 3. The number of nitrogens with zero attached hydrogens (tertiary/aromatic N) is 1. The van der Waals surface area contributed by atoms with Gasteiger partial charge in [-0.3, -0.25) is 4.79 Å². The zero-order chi connectivity index (χ0) is 13.7. The molecule has 0 aliphatic rings. The summed E-state index contributed by atoms with van der Waals surface area (Å²) < 4.78 is 1.97. The number of aromatic nitrogens is 1. The van der Waals surface area contributed by atoms with Gasteiger partial charge >= 0.3 is 0 Å². The molecule has 0 spiro atoms. The monoisotopic (exact) mass is 253 g/mol. The van der Waals surface area contributed by atoms with Gasteiger partial charge in [-0.1, -0.05) is 43.7 Å². The molecule has 2 nitrogen and oxygen atoms in total. The second kappa shape index (κ2) is 6.24. The Balaban J connectivity index is 2.34. The molecule has 0 aliphatic carbocycles. The molecule has 2 rings (SSSR count). The molecule has 1 heterocycles. The van der Waals surface area contributed by atoms with Crippen LogP contribution in [0, 0.1) is 11.8 Å². The third-order valence-electron chi connectivity index (χ3n) is 3.22. The van der Waals surface area contributed by atoms with Gasteiger partial charge < -0.3 is 4.57 Å². The maximum Gasteiger partial charge on any atom is 0.204 e. The van der Waals surface area contributed by atoms with Gasteiger partial charge in [-0.15, -0.1) is 0 Å². The predicted octanol–water partition coefficient (Wildman–Crippen LogP) is 3.47. The second-order valence-corrected chi connectivity index (χ2v) is 4.76. The molecule has 0 atom stereocenters. The summed E-state index contributed by atoms with van der Waals surface area (Å²) in [5, 5.41) is 0.741. The Bertz CT molecular complexity index is 686. The smallest absolute Gasteiger partial charge is 0.204 e. The van der Waals surface area contributed by atoms with Gasteiger partial charge in [0.2, 0.25) is 5.43 Å². The lowest BCUT2D eigenvalue weighted by atomic mass is 10.1. The minimum atomic E-state index is 0.0386. The number of hydrogen-bond acceptors (Lipinski definition) is 1. The minimum absolute atomic E-state index is 0.0386. The highest BCUT2D eigenvalue weighted by Gasteiger charge is 2.04. The van der Waals surface area contributed by atoms with E-state index in [9.17, 15) is 4.79 Å². The number of pyridine rings is 1. The predicted molar refractivity (Wildman–Crippen MR) is 80.2 cm³/mol. The van der Waals surface area contributed by atoms with Crippen LogP contribution in [0.4, 0.5) is 0 Å². The van der Waals surface area contributed by atoms with Crippen molar-refractivity contribution in [2.24, 2.45) is 7.05 Å². The van der Waals surface area contributed by atoms with E-state index in [1.165, 1.54) is 12.8 Å². The Labute approximate surface area is 114 Å². The molecule has 0 amide bonds. The third-order valence-corrected chi connectivity index (χ3v) is 3.22. The summed E-state index contributed by atoms with van der Waals surface area (Å²) in [7, 11) is 1.95. The topological polar surface area (TPSA) is 22.0 Å². The lowest BCUT2D eigenvalue weighted by Crippen LogP contribution is -2.10. The maximum atomic E-state index is 12.3. The van der Waals surface area contributed by atoms with E-state index in [0.717, 1.165) is 23.7 Å². The van der Waals surface area contributed by atoms with E-state index in [1.54, 1.807) is 0 Å². The molecule has 0 unspecified atom stereocenters. The molecule has 0 aliphatic heterocycles. The quantitative estimate of drug-likeness (QED) is 0.606. The molecule has 0 saturated carbocycles. The average Bonchev–Trinajstić information content (AvgIpc) is 2.44. The summed E-state index contributed by atoms with van der Waals surface area (Å²) in [6.45, 7) is 2.17. The van der Waals surface area contributed by atoms with E-state index >= 15 is 0 Å². The van der Waals surface area contributed by atoms with Crippen LogP contribution in [0.15, 0.2) is 35.3 Å². The lowest BCUT2D eigenvalue weighted by molar-refractivity contribution is 0.737. The Morgan fingerprint density at radius 2 is 2.00 bits per heavy atom. The van der Waals surface area contributed by atoms with Crippen LogP contribution in [-0.4, -0.2) is 4.57 Å². The van der Waals surface area contributed by atoms with Crippen LogP contribution >= 0.6 is 0 Å². The number of benzene rings is 1. The van der Waals surface area contributed by atoms with Crippen molar-refractivity contribution in [2.75, 3.05) is 0 Å². The van der Waals surface area contributed by atoms with E-state index < -0.39 is 0 Å². The Morgan fingerprint density at radius 1 is 1.21 bits per heavy atom. The molecule has 2 aromatic rings. The van der Waals surface area contributed by atoms with Crippen LogP contribution in [0.25, 0.3) is 10.9 Å². The fraction of sp³-hybridized carbons (Fsp3) is 0.353. The van der Waals surface area contributed by atoms with E-state index in [1.807, 2.05) is 42.1 Å². The first-order valence-corrected chi connectivity index (χ1v) is 6.81. The van der Waals surface area contributed by atoms with Gasteiger partial charge in [0.15, 0.2) is 0 Å². The van der Waals surface area contributed by atoms with Crippen molar-refractivity contribution in [1.29, 1.82) is 0 Å². The second-order valence-electron chi connectivity index (χ2n) is 4.76. The largest absolute Gasteiger partial charge is 0.349 e. The van der Waals surface area contributed by atoms with Crippen LogP contribution < -0.4 is 5.43 Å². The Hall–Kier alpha value is -2.01. The first kappa shape index (κ1) is 13.4. The van der Waals surface area contributed by atoms with Crippen molar-refractivity contribution in [2.45, 2.75) is 32.6 Å². The summed E-state index contributed by atoms with van der Waals surface area (Å²) in [5.74, 6) is 6.13. The molecule has 0 N–H and O–H groups in total. The first-order chi connectivity index (χ1) is 9.24. The minimum Gasteiger partial charge on any atom is -0.349 e. The molecule has 0 saturated heterocycles. The van der Waals surface area contributed by atoms with E-state index in [4.69, 9.17) is 0 Å². The molecule has 2 heteroatoms. The number of hydrogen-bond donors (Lipinski definition) is 0. The summed E-state index contributed by atoms with van der Waals surface area (Å²) in [4.78, 5) is 12.3. The molecular formula is C17H19NO. The maximum absolute atomic E-state index is 12.3. The number of aryl methyl sites for hydroxylation is 1. The van der Waals surface area contributed by atoms with Crippen LogP contribution in [0.5, 0.6) is 0 Å². The molecular weight excluding hydrogens is 234 g/mol. The van der Waals surface area contributed by atoms with Gasteiger partial charge in [-0.25, -0.2) is 0 Å². The molecule has 0 radical (unpaired) electrons.